The first-order chi connectivity index (χ1) is 13.5. The molecule has 0 spiro atoms. The zero-order valence-electron chi connectivity index (χ0n) is 14.6. The van der Waals surface area contributed by atoms with Crippen LogP contribution in [0.1, 0.15) is 12.8 Å². The van der Waals surface area contributed by atoms with Crippen LogP contribution in [-0.2, 0) is 0 Å². The molecule has 4 aromatic rings. The number of nitrogens with zero attached hydrogens (tertiary/aromatic N) is 4. The summed E-state index contributed by atoms with van der Waals surface area (Å²) in [5, 5.41) is 3.52. The van der Waals surface area contributed by atoms with Crippen molar-refractivity contribution in [2.75, 3.05) is 11.9 Å². The van der Waals surface area contributed by atoms with Gasteiger partial charge in [-0.3, -0.25) is 9.97 Å². The minimum atomic E-state index is -4.21. The second kappa shape index (κ2) is 5.88. The van der Waals surface area contributed by atoms with Crippen LogP contribution < -0.4 is 5.32 Å². The SMILES string of the molecule is FC(F)(F)C1(CNc2ncc3c(-c4ccc5nccnc5c4)c[nH]c3n2)CC1. The van der Waals surface area contributed by atoms with Crippen molar-refractivity contribution in [1.82, 2.24) is 24.9 Å². The van der Waals surface area contributed by atoms with E-state index < -0.39 is 11.6 Å². The monoisotopic (exact) mass is 384 g/mol. The van der Waals surface area contributed by atoms with Crippen molar-refractivity contribution >= 4 is 28.0 Å². The summed E-state index contributed by atoms with van der Waals surface area (Å²) in [5.74, 6) is 0.181. The highest BCUT2D eigenvalue weighted by Gasteiger charge is 2.62. The van der Waals surface area contributed by atoms with E-state index in [-0.39, 0.29) is 25.3 Å². The topological polar surface area (TPSA) is 79.4 Å². The van der Waals surface area contributed by atoms with Gasteiger partial charge in [0.15, 0.2) is 0 Å². The Morgan fingerprint density at radius 1 is 1.07 bits per heavy atom. The molecule has 1 aliphatic rings. The summed E-state index contributed by atoms with van der Waals surface area (Å²) in [7, 11) is 0. The van der Waals surface area contributed by atoms with Gasteiger partial charge in [-0.05, 0) is 30.5 Å². The number of benzene rings is 1. The molecule has 0 aliphatic heterocycles. The van der Waals surface area contributed by atoms with Gasteiger partial charge in [0.1, 0.15) is 5.65 Å². The van der Waals surface area contributed by atoms with Gasteiger partial charge in [0.05, 0.1) is 16.4 Å². The van der Waals surface area contributed by atoms with E-state index in [1.54, 1.807) is 24.8 Å². The third kappa shape index (κ3) is 2.74. The standard InChI is InChI=1S/C19H15F3N6/c20-19(21,22)18(3-4-18)10-27-17-26-9-13-12(8-25-16(13)28-17)11-1-2-14-15(7-11)24-6-5-23-14/h1-2,5-9H,3-4,10H2,(H2,25,26,27,28). The fourth-order valence-corrected chi connectivity index (χ4v) is 3.32. The zero-order valence-corrected chi connectivity index (χ0v) is 14.6. The van der Waals surface area contributed by atoms with Crippen LogP contribution in [0.4, 0.5) is 19.1 Å². The minimum Gasteiger partial charge on any atom is -0.353 e. The number of rotatable bonds is 4. The van der Waals surface area contributed by atoms with Crippen molar-refractivity contribution in [3.8, 4) is 11.1 Å². The molecule has 0 atom stereocenters. The van der Waals surface area contributed by atoms with Crippen LogP contribution in [0.25, 0.3) is 33.2 Å². The average molecular weight is 384 g/mol. The van der Waals surface area contributed by atoms with Crippen molar-refractivity contribution in [2.45, 2.75) is 19.0 Å². The van der Waals surface area contributed by atoms with Crippen LogP contribution in [0, 0.1) is 5.41 Å². The van der Waals surface area contributed by atoms with E-state index in [1.807, 2.05) is 18.2 Å². The number of aromatic nitrogens is 5. The van der Waals surface area contributed by atoms with Crippen LogP contribution in [0.3, 0.4) is 0 Å². The Morgan fingerprint density at radius 2 is 1.86 bits per heavy atom. The van der Waals surface area contributed by atoms with E-state index in [0.717, 1.165) is 27.5 Å². The molecule has 0 unspecified atom stereocenters. The van der Waals surface area contributed by atoms with E-state index in [1.165, 1.54) is 0 Å². The highest BCUT2D eigenvalue weighted by Crippen LogP contribution is 2.57. The lowest BCUT2D eigenvalue weighted by Gasteiger charge is -2.19. The fourth-order valence-electron chi connectivity index (χ4n) is 3.32. The Labute approximate surface area is 157 Å². The second-order valence-electron chi connectivity index (χ2n) is 7.05. The molecule has 0 bridgehead atoms. The number of halogens is 3. The quantitative estimate of drug-likeness (QED) is 0.548. The first-order valence-corrected chi connectivity index (χ1v) is 8.81. The normalized spacial score (nSPS) is 15.8. The Balaban J connectivity index is 1.43. The molecule has 0 saturated heterocycles. The summed E-state index contributed by atoms with van der Waals surface area (Å²) in [6.45, 7) is -0.209. The van der Waals surface area contributed by atoms with Crippen LogP contribution in [0.2, 0.25) is 0 Å². The molecule has 28 heavy (non-hydrogen) atoms. The molecule has 142 valence electrons. The number of hydrogen-bond acceptors (Lipinski definition) is 5. The minimum absolute atomic E-state index is 0.142. The molecule has 1 fully saturated rings. The maximum atomic E-state index is 13.1. The molecule has 0 radical (unpaired) electrons. The second-order valence-corrected chi connectivity index (χ2v) is 7.05. The molecule has 1 aliphatic carbocycles. The molecular formula is C19H15F3N6. The Hall–Kier alpha value is -3.23. The van der Waals surface area contributed by atoms with Gasteiger partial charge in [-0.1, -0.05) is 6.07 Å². The molecule has 6 nitrogen and oxygen atoms in total. The van der Waals surface area contributed by atoms with Gasteiger partial charge >= 0.3 is 6.18 Å². The van der Waals surface area contributed by atoms with Gasteiger partial charge in [-0.15, -0.1) is 0 Å². The van der Waals surface area contributed by atoms with Gasteiger partial charge in [-0.2, -0.15) is 18.2 Å². The van der Waals surface area contributed by atoms with Crippen LogP contribution in [-0.4, -0.2) is 37.6 Å². The van der Waals surface area contributed by atoms with Gasteiger partial charge in [-0.25, -0.2) is 4.98 Å². The van der Waals surface area contributed by atoms with Gasteiger partial charge < -0.3 is 10.3 Å². The summed E-state index contributed by atoms with van der Waals surface area (Å²) in [6.07, 6.45) is 2.77. The number of H-pyrrole nitrogens is 1. The maximum absolute atomic E-state index is 13.1. The number of aromatic amines is 1. The molecule has 1 aromatic carbocycles. The molecule has 3 aromatic heterocycles. The predicted octanol–water partition coefficient (Wildman–Crippen LogP) is 4.32. The summed E-state index contributed by atoms with van der Waals surface area (Å²) in [4.78, 5) is 20.2. The van der Waals surface area contributed by atoms with Crippen LogP contribution >= 0.6 is 0 Å². The highest BCUT2D eigenvalue weighted by atomic mass is 19.4. The van der Waals surface area contributed by atoms with Gasteiger partial charge in [0, 0.05) is 42.3 Å². The largest absolute Gasteiger partial charge is 0.396 e. The maximum Gasteiger partial charge on any atom is 0.396 e. The lowest BCUT2D eigenvalue weighted by atomic mass is 10.1. The molecule has 2 N–H and O–H groups in total. The molecule has 0 amide bonds. The first kappa shape index (κ1) is 16.9. The van der Waals surface area contributed by atoms with Crippen molar-refractivity contribution in [2.24, 2.45) is 5.41 Å². The Bertz CT molecular complexity index is 1180. The molecular weight excluding hydrogens is 369 g/mol. The average Bonchev–Trinajstić information content (AvgIpc) is 3.39. The Kier molecular flexibility index (Phi) is 3.55. The molecule has 3 heterocycles. The van der Waals surface area contributed by atoms with E-state index in [9.17, 15) is 13.2 Å². The molecule has 5 rings (SSSR count). The van der Waals surface area contributed by atoms with E-state index >= 15 is 0 Å². The number of anilines is 1. The number of hydrogen-bond donors (Lipinski definition) is 2. The number of alkyl halides is 3. The third-order valence-electron chi connectivity index (χ3n) is 5.25. The highest BCUT2D eigenvalue weighted by molar-refractivity contribution is 5.95. The van der Waals surface area contributed by atoms with Crippen molar-refractivity contribution in [3.63, 3.8) is 0 Å². The summed E-state index contributed by atoms with van der Waals surface area (Å²) < 4.78 is 39.2. The molecule has 9 heteroatoms. The van der Waals surface area contributed by atoms with E-state index in [2.05, 4.69) is 30.2 Å². The predicted molar refractivity (Wildman–Crippen MR) is 98.6 cm³/mol. The summed E-state index contributed by atoms with van der Waals surface area (Å²) in [5.41, 5.74) is 2.31. The Morgan fingerprint density at radius 3 is 2.61 bits per heavy atom. The number of nitrogens with one attached hydrogen (secondary N) is 2. The summed E-state index contributed by atoms with van der Waals surface area (Å²) >= 11 is 0. The van der Waals surface area contributed by atoms with E-state index in [4.69, 9.17) is 0 Å². The first-order valence-electron chi connectivity index (χ1n) is 8.81. The zero-order chi connectivity index (χ0) is 19.4. The van der Waals surface area contributed by atoms with Crippen molar-refractivity contribution in [3.05, 3.63) is 43.0 Å². The van der Waals surface area contributed by atoms with Crippen LogP contribution in [0.15, 0.2) is 43.0 Å². The molecule has 1 saturated carbocycles. The lowest BCUT2D eigenvalue weighted by Crippen LogP contribution is -2.31. The van der Waals surface area contributed by atoms with Crippen LogP contribution in [0.5, 0.6) is 0 Å². The fraction of sp³-hybridized carbons (Fsp3) is 0.263. The number of fused-ring (bicyclic) bond motifs is 2. The van der Waals surface area contributed by atoms with Gasteiger partial charge in [0.25, 0.3) is 0 Å². The van der Waals surface area contributed by atoms with Crippen molar-refractivity contribution < 1.29 is 13.2 Å². The lowest BCUT2D eigenvalue weighted by molar-refractivity contribution is -0.182. The smallest absolute Gasteiger partial charge is 0.353 e. The van der Waals surface area contributed by atoms with Gasteiger partial charge in [0.2, 0.25) is 5.95 Å². The van der Waals surface area contributed by atoms with Crippen molar-refractivity contribution in [1.29, 1.82) is 0 Å². The summed E-state index contributed by atoms with van der Waals surface area (Å²) in [6, 6.07) is 5.75. The third-order valence-corrected chi connectivity index (χ3v) is 5.25. The van der Waals surface area contributed by atoms with E-state index in [0.29, 0.717) is 5.65 Å².